The van der Waals surface area contributed by atoms with Crippen molar-refractivity contribution in [3.63, 3.8) is 0 Å². The SMILES string of the molecule is COC1(OC)CC2(CN(C(=O)C3CC=CC3)C2c2ccccc2)C1. The molecule has 1 unspecified atom stereocenters. The van der Waals surface area contributed by atoms with Gasteiger partial charge in [0.2, 0.25) is 5.91 Å². The van der Waals surface area contributed by atoms with E-state index in [2.05, 4.69) is 41.3 Å². The molecule has 2 aliphatic carbocycles. The third-order valence-corrected chi connectivity index (χ3v) is 6.12. The van der Waals surface area contributed by atoms with Crippen molar-refractivity contribution in [2.75, 3.05) is 20.8 Å². The molecule has 128 valence electrons. The molecule has 0 bridgehead atoms. The van der Waals surface area contributed by atoms with Gasteiger partial charge in [-0.3, -0.25) is 4.79 Å². The van der Waals surface area contributed by atoms with E-state index in [1.807, 2.05) is 6.07 Å². The largest absolute Gasteiger partial charge is 0.353 e. The van der Waals surface area contributed by atoms with Crippen molar-refractivity contribution in [3.05, 3.63) is 48.0 Å². The molecule has 1 amide bonds. The van der Waals surface area contributed by atoms with Gasteiger partial charge in [-0.25, -0.2) is 0 Å². The first-order chi connectivity index (χ1) is 11.6. The van der Waals surface area contributed by atoms with Crippen molar-refractivity contribution in [1.82, 2.24) is 4.90 Å². The molecule has 24 heavy (non-hydrogen) atoms. The standard InChI is InChI=1S/C20H25NO3/c1-23-20(24-2)12-19(13-20)14-21(18(22)16-10-6-7-11-16)17(19)15-8-4-3-5-9-15/h3-9,16-17H,10-14H2,1-2H3. The fourth-order valence-electron chi connectivity index (χ4n) is 4.86. The van der Waals surface area contributed by atoms with Crippen LogP contribution in [-0.2, 0) is 14.3 Å². The number of hydrogen-bond donors (Lipinski definition) is 0. The highest BCUT2D eigenvalue weighted by Gasteiger charge is 2.67. The Hall–Kier alpha value is -1.65. The first-order valence-corrected chi connectivity index (χ1v) is 8.74. The molecule has 1 aromatic carbocycles. The highest BCUT2D eigenvalue weighted by atomic mass is 16.7. The molecule has 4 nitrogen and oxygen atoms in total. The van der Waals surface area contributed by atoms with Crippen molar-refractivity contribution in [1.29, 1.82) is 0 Å². The Morgan fingerprint density at radius 3 is 2.29 bits per heavy atom. The van der Waals surface area contributed by atoms with Crippen molar-refractivity contribution in [3.8, 4) is 0 Å². The summed E-state index contributed by atoms with van der Waals surface area (Å²) in [6, 6.07) is 10.6. The van der Waals surface area contributed by atoms with Crippen LogP contribution in [-0.4, -0.2) is 37.4 Å². The van der Waals surface area contributed by atoms with Gasteiger partial charge in [-0.1, -0.05) is 42.5 Å². The molecular weight excluding hydrogens is 302 g/mol. The van der Waals surface area contributed by atoms with Gasteiger partial charge in [0, 0.05) is 44.9 Å². The minimum absolute atomic E-state index is 0.0923. The number of benzene rings is 1. The number of ether oxygens (including phenoxy) is 2. The molecule has 4 heteroatoms. The maximum Gasteiger partial charge on any atom is 0.226 e. The molecule has 1 saturated heterocycles. The first-order valence-electron chi connectivity index (χ1n) is 8.74. The van der Waals surface area contributed by atoms with Gasteiger partial charge in [-0.05, 0) is 18.4 Å². The van der Waals surface area contributed by atoms with Gasteiger partial charge >= 0.3 is 0 Å². The molecule has 1 atom stereocenters. The molecule has 0 aromatic heterocycles. The van der Waals surface area contributed by atoms with E-state index in [1.54, 1.807) is 14.2 Å². The molecule has 1 saturated carbocycles. The van der Waals surface area contributed by atoms with Crippen LogP contribution in [0.2, 0.25) is 0 Å². The second kappa shape index (κ2) is 5.71. The number of carbonyl (C=O) groups is 1. The number of hydrogen-bond acceptors (Lipinski definition) is 3. The Kier molecular flexibility index (Phi) is 3.77. The van der Waals surface area contributed by atoms with Crippen LogP contribution >= 0.6 is 0 Å². The van der Waals surface area contributed by atoms with Crippen LogP contribution < -0.4 is 0 Å². The number of amides is 1. The number of likely N-dealkylation sites (tertiary alicyclic amines) is 1. The molecule has 1 aromatic rings. The number of methoxy groups -OCH3 is 2. The Balaban J connectivity index is 1.58. The van der Waals surface area contributed by atoms with E-state index in [4.69, 9.17) is 9.47 Å². The van der Waals surface area contributed by atoms with Crippen molar-refractivity contribution in [2.45, 2.75) is 37.5 Å². The average molecular weight is 327 g/mol. The maximum atomic E-state index is 13.0. The topological polar surface area (TPSA) is 38.8 Å². The van der Waals surface area contributed by atoms with Gasteiger partial charge in [-0.2, -0.15) is 0 Å². The van der Waals surface area contributed by atoms with Gasteiger partial charge in [0.05, 0.1) is 6.04 Å². The quantitative estimate of drug-likeness (QED) is 0.629. The van der Waals surface area contributed by atoms with Crippen LogP contribution in [0.4, 0.5) is 0 Å². The summed E-state index contributed by atoms with van der Waals surface area (Å²) >= 11 is 0. The molecule has 0 radical (unpaired) electrons. The maximum absolute atomic E-state index is 13.0. The Bertz CT molecular complexity index is 634. The van der Waals surface area contributed by atoms with Crippen LogP contribution in [0.15, 0.2) is 42.5 Å². The van der Waals surface area contributed by atoms with Crippen molar-refractivity contribution < 1.29 is 14.3 Å². The van der Waals surface area contributed by atoms with E-state index in [0.29, 0.717) is 5.91 Å². The Morgan fingerprint density at radius 1 is 1.08 bits per heavy atom. The third-order valence-electron chi connectivity index (χ3n) is 6.12. The first kappa shape index (κ1) is 15.9. The molecule has 1 heterocycles. The summed E-state index contributed by atoms with van der Waals surface area (Å²) < 4.78 is 11.2. The smallest absolute Gasteiger partial charge is 0.226 e. The molecule has 3 aliphatic rings. The second-order valence-corrected chi connectivity index (χ2v) is 7.45. The lowest BCUT2D eigenvalue weighted by atomic mass is 9.53. The predicted octanol–water partition coefficient (Wildman–Crippen LogP) is 3.31. The molecule has 1 aliphatic heterocycles. The highest BCUT2D eigenvalue weighted by molar-refractivity contribution is 5.81. The average Bonchev–Trinajstić information content (AvgIpc) is 3.09. The summed E-state index contributed by atoms with van der Waals surface area (Å²) in [5, 5.41) is 0. The van der Waals surface area contributed by atoms with E-state index < -0.39 is 5.79 Å². The van der Waals surface area contributed by atoms with Crippen LogP contribution in [0.1, 0.15) is 37.3 Å². The molecule has 2 fully saturated rings. The minimum Gasteiger partial charge on any atom is -0.353 e. The minimum atomic E-state index is -0.475. The number of carbonyl (C=O) groups excluding carboxylic acids is 1. The lowest BCUT2D eigenvalue weighted by Crippen LogP contribution is -2.71. The van der Waals surface area contributed by atoms with E-state index in [-0.39, 0.29) is 17.4 Å². The Labute approximate surface area is 143 Å². The molecule has 0 N–H and O–H groups in total. The third kappa shape index (κ3) is 2.24. The van der Waals surface area contributed by atoms with Gasteiger partial charge in [0.15, 0.2) is 5.79 Å². The van der Waals surface area contributed by atoms with E-state index in [0.717, 1.165) is 32.2 Å². The van der Waals surface area contributed by atoms with Crippen LogP contribution in [0.5, 0.6) is 0 Å². The normalized spacial score (nSPS) is 27.1. The lowest BCUT2D eigenvalue weighted by Gasteiger charge is -2.67. The summed E-state index contributed by atoms with van der Waals surface area (Å²) in [6.07, 6.45) is 7.70. The zero-order valence-electron chi connectivity index (χ0n) is 14.4. The predicted molar refractivity (Wildman–Crippen MR) is 91.2 cm³/mol. The van der Waals surface area contributed by atoms with E-state index in [9.17, 15) is 4.79 Å². The number of rotatable bonds is 4. The summed E-state index contributed by atoms with van der Waals surface area (Å²) in [5.41, 5.74) is 1.32. The molecule has 4 rings (SSSR count). The van der Waals surface area contributed by atoms with Crippen molar-refractivity contribution in [2.24, 2.45) is 11.3 Å². The number of allylic oxidation sites excluding steroid dienone is 2. The van der Waals surface area contributed by atoms with Gasteiger partial charge in [0.1, 0.15) is 0 Å². The second-order valence-electron chi connectivity index (χ2n) is 7.45. The fraction of sp³-hybridized carbons (Fsp3) is 0.550. The summed E-state index contributed by atoms with van der Waals surface area (Å²) in [5.74, 6) is -0.0491. The molecule has 1 spiro atoms. The van der Waals surface area contributed by atoms with Crippen LogP contribution in [0, 0.1) is 11.3 Å². The lowest BCUT2D eigenvalue weighted by molar-refractivity contribution is -0.332. The van der Waals surface area contributed by atoms with Crippen LogP contribution in [0.25, 0.3) is 0 Å². The van der Waals surface area contributed by atoms with Gasteiger partial charge in [-0.15, -0.1) is 0 Å². The zero-order valence-corrected chi connectivity index (χ0v) is 14.4. The zero-order chi connectivity index (χ0) is 16.8. The summed E-state index contributed by atoms with van der Waals surface area (Å²) in [4.78, 5) is 15.0. The Morgan fingerprint density at radius 2 is 1.71 bits per heavy atom. The van der Waals surface area contributed by atoms with Crippen LogP contribution in [0.3, 0.4) is 0 Å². The molecular formula is C20H25NO3. The number of nitrogens with zero attached hydrogens (tertiary/aromatic N) is 1. The monoisotopic (exact) mass is 327 g/mol. The fourth-order valence-corrected chi connectivity index (χ4v) is 4.86. The summed E-state index contributed by atoms with van der Waals surface area (Å²) in [7, 11) is 3.42. The summed E-state index contributed by atoms with van der Waals surface area (Å²) in [6.45, 7) is 0.816. The van der Waals surface area contributed by atoms with E-state index >= 15 is 0 Å². The van der Waals surface area contributed by atoms with Gasteiger partial charge in [0.25, 0.3) is 0 Å². The van der Waals surface area contributed by atoms with E-state index in [1.165, 1.54) is 5.56 Å². The van der Waals surface area contributed by atoms with Gasteiger partial charge < -0.3 is 14.4 Å². The highest BCUT2D eigenvalue weighted by Crippen LogP contribution is 2.65. The van der Waals surface area contributed by atoms with Crippen molar-refractivity contribution >= 4 is 5.91 Å².